The van der Waals surface area contributed by atoms with Crippen LogP contribution in [-0.4, -0.2) is 19.8 Å². The minimum Gasteiger partial charge on any atom is -0.487 e. The molecule has 0 saturated carbocycles. The zero-order valence-electron chi connectivity index (χ0n) is 10.6. The summed E-state index contributed by atoms with van der Waals surface area (Å²) in [6.07, 6.45) is 0.363. The van der Waals surface area contributed by atoms with Gasteiger partial charge in [0.05, 0.1) is 5.75 Å². The Kier molecular flexibility index (Phi) is 3.30. The highest BCUT2D eigenvalue weighted by Gasteiger charge is 2.36. The second-order valence-electron chi connectivity index (χ2n) is 5.40. The SMILES string of the molecule is CC1(C)C[C@@H](CS(N)(=O)=O)c2cc(F)c(F)cc2O1. The standard InChI is InChI=1S/C12H15F2NO3S/c1-12(2)5-7(6-19(15,16)17)8-3-9(13)10(14)4-11(8)18-12/h3-4,7H,5-6H2,1-2H3,(H2,15,16,17)/t7-/m0/s1. The van der Waals surface area contributed by atoms with E-state index in [0.717, 1.165) is 12.1 Å². The lowest BCUT2D eigenvalue weighted by molar-refractivity contribution is 0.0742. The molecule has 7 heteroatoms. The van der Waals surface area contributed by atoms with Crippen LogP contribution in [0.3, 0.4) is 0 Å². The van der Waals surface area contributed by atoms with Crippen molar-refractivity contribution in [1.82, 2.24) is 0 Å². The van der Waals surface area contributed by atoms with Gasteiger partial charge in [-0.3, -0.25) is 0 Å². The first kappa shape index (κ1) is 14.2. The molecule has 0 aromatic heterocycles. The largest absolute Gasteiger partial charge is 0.487 e. The minimum absolute atomic E-state index is 0.170. The first-order chi connectivity index (χ1) is 8.57. The van der Waals surface area contributed by atoms with E-state index in [0.29, 0.717) is 12.0 Å². The van der Waals surface area contributed by atoms with Gasteiger partial charge in [0.2, 0.25) is 10.0 Å². The van der Waals surface area contributed by atoms with Gasteiger partial charge in [-0.15, -0.1) is 0 Å². The van der Waals surface area contributed by atoms with Crippen molar-refractivity contribution in [3.63, 3.8) is 0 Å². The Morgan fingerprint density at radius 1 is 1.37 bits per heavy atom. The number of rotatable bonds is 2. The van der Waals surface area contributed by atoms with Crippen LogP contribution in [-0.2, 0) is 10.0 Å². The fourth-order valence-corrected chi connectivity index (χ4v) is 3.28. The van der Waals surface area contributed by atoms with Crippen LogP contribution in [0.15, 0.2) is 12.1 Å². The van der Waals surface area contributed by atoms with E-state index in [4.69, 9.17) is 9.88 Å². The number of primary sulfonamides is 1. The van der Waals surface area contributed by atoms with Crippen molar-refractivity contribution in [1.29, 1.82) is 0 Å². The minimum atomic E-state index is -3.71. The van der Waals surface area contributed by atoms with Crippen LogP contribution >= 0.6 is 0 Å². The third-order valence-electron chi connectivity index (χ3n) is 3.05. The molecular weight excluding hydrogens is 276 g/mol. The van der Waals surface area contributed by atoms with Gasteiger partial charge in [-0.05, 0) is 26.3 Å². The van der Waals surface area contributed by atoms with Crippen molar-refractivity contribution in [3.05, 3.63) is 29.3 Å². The van der Waals surface area contributed by atoms with Crippen molar-refractivity contribution >= 4 is 10.0 Å². The van der Waals surface area contributed by atoms with Gasteiger partial charge in [-0.2, -0.15) is 0 Å². The van der Waals surface area contributed by atoms with Gasteiger partial charge in [0, 0.05) is 17.5 Å². The van der Waals surface area contributed by atoms with Crippen LogP contribution in [0.4, 0.5) is 8.78 Å². The molecule has 0 aliphatic carbocycles. The zero-order valence-corrected chi connectivity index (χ0v) is 11.4. The Bertz CT molecular complexity index is 614. The van der Waals surface area contributed by atoms with Crippen molar-refractivity contribution < 1.29 is 21.9 Å². The lowest BCUT2D eigenvalue weighted by Crippen LogP contribution is -2.37. The second-order valence-corrected chi connectivity index (χ2v) is 7.06. The predicted molar refractivity (Wildman–Crippen MR) is 66.4 cm³/mol. The average molecular weight is 291 g/mol. The number of benzene rings is 1. The highest BCUT2D eigenvalue weighted by atomic mass is 32.2. The van der Waals surface area contributed by atoms with Gasteiger partial charge in [-0.1, -0.05) is 0 Å². The summed E-state index contributed by atoms with van der Waals surface area (Å²) >= 11 is 0. The van der Waals surface area contributed by atoms with Crippen LogP contribution in [0.2, 0.25) is 0 Å². The predicted octanol–water partition coefficient (Wildman–Crippen LogP) is 1.90. The summed E-state index contributed by atoms with van der Waals surface area (Å²) in [4.78, 5) is 0. The van der Waals surface area contributed by atoms with Crippen molar-refractivity contribution in [2.24, 2.45) is 5.14 Å². The molecule has 1 heterocycles. The van der Waals surface area contributed by atoms with Gasteiger partial charge < -0.3 is 4.74 Å². The zero-order chi connectivity index (χ0) is 14.4. The van der Waals surface area contributed by atoms with E-state index in [9.17, 15) is 17.2 Å². The Labute approximate surface area is 110 Å². The molecule has 1 atom stereocenters. The van der Waals surface area contributed by atoms with Crippen LogP contribution in [0, 0.1) is 11.6 Å². The van der Waals surface area contributed by atoms with Crippen LogP contribution in [0.25, 0.3) is 0 Å². The van der Waals surface area contributed by atoms with Crippen LogP contribution in [0.1, 0.15) is 31.7 Å². The molecule has 1 aliphatic heterocycles. The Hall–Kier alpha value is -1.21. The third kappa shape index (κ3) is 3.22. The maximum Gasteiger partial charge on any atom is 0.209 e. The number of ether oxygens (including phenoxy) is 1. The molecule has 0 saturated heterocycles. The monoisotopic (exact) mass is 291 g/mol. The summed E-state index contributed by atoms with van der Waals surface area (Å²) in [5, 5.41) is 5.04. The molecule has 0 fully saturated rings. The fraction of sp³-hybridized carbons (Fsp3) is 0.500. The topological polar surface area (TPSA) is 69.4 Å². The first-order valence-electron chi connectivity index (χ1n) is 5.76. The second kappa shape index (κ2) is 4.42. The summed E-state index contributed by atoms with van der Waals surface area (Å²) < 4.78 is 54.6. The quantitative estimate of drug-likeness (QED) is 0.904. The summed E-state index contributed by atoms with van der Waals surface area (Å²) in [5.74, 6) is -2.71. The summed E-state index contributed by atoms with van der Waals surface area (Å²) in [7, 11) is -3.71. The number of sulfonamides is 1. The number of fused-ring (bicyclic) bond motifs is 1. The molecule has 0 bridgehead atoms. The fourth-order valence-electron chi connectivity index (χ4n) is 2.42. The van der Waals surface area contributed by atoms with Crippen LogP contribution in [0.5, 0.6) is 5.75 Å². The average Bonchev–Trinajstić information content (AvgIpc) is 2.17. The summed E-state index contributed by atoms with van der Waals surface area (Å²) in [6, 6.07) is 1.93. The molecule has 0 radical (unpaired) electrons. The lowest BCUT2D eigenvalue weighted by atomic mass is 9.85. The first-order valence-corrected chi connectivity index (χ1v) is 7.47. The van der Waals surface area contributed by atoms with Gasteiger partial charge in [0.25, 0.3) is 0 Å². The molecule has 106 valence electrons. The van der Waals surface area contributed by atoms with E-state index in [1.54, 1.807) is 13.8 Å². The van der Waals surface area contributed by atoms with Crippen molar-refractivity contribution in [2.75, 3.05) is 5.75 Å². The van der Waals surface area contributed by atoms with E-state index in [1.165, 1.54) is 0 Å². The molecule has 0 spiro atoms. The summed E-state index contributed by atoms with van der Waals surface area (Å²) in [5.41, 5.74) is -0.320. The molecule has 2 rings (SSSR count). The van der Waals surface area contributed by atoms with Crippen molar-refractivity contribution in [2.45, 2.75) is 31.8 Å². The van der Waals surface area contributed by atoms with E-state index in [-0.39, 0.29) is 11.5 Å². The van der Waals surface area contributed by atoms with Gasteiger partial charge in [0.1, 0.15) is 11.4 Å². The Morgan fingerprint density at radius 3 is 2.53 bits per heavy atom. The Morgan fingerprint density at radius 2 is 1.95 bits per heavy atom. The molecule has 2 N–H and O–H groups in total. The number of hydrogen-bond donors (Lipinski definition) is 1. The number of hydrogen-bond acceptors (Lipinski definition) is 3. The van der Waals surface area contributed by atoms with E-state index < -0.39 is 33.2 Å². The molecule has 1 aromatic rings. The molecular formula is C12H15F2NO3S. The molecule has 0 unspecified atom stereocenters. The maximum absolute atomic E-state index is 13.3. The van der Waals surface area contributed by atoms with E-state index >= 15 is 0 Å². The van der Waals surface area contributed by atoms with Gasteiger partial charge in [-0.25, -0.2) is 22.3 Å². The molecule has 0 amide bonds. The number of halogens is 2. The molecule has 19 heavy (non-hydrogen) atoms. The van der Waals surface area contributed by atoms with Gasteiger partial charge >= 0.3 is 0 Å². The van der Waals surface area contributed by atoms with E-state index in [2.05, 4.69) is 0 Å². The molecule has 1 aromatic carbocycles. The third-order valence-corrected chi connectivity index (χ3v) is 3.92. The molecule has 4 nitrogen and oxygen atoms in total. The Balaban J connectivity index is 2.50. The number of nitrogens with two attached hydrogens (primary N) is 1. The summed E-state index contributed by atoms with van der Waals surface area (Å²) in [6.45, 7) is 3.51. The van der Waals surface area contributed by atoms with Gasteiger partial charge in [0.15, 0.2) is 11.6 Å². The van der Waals surface area contributed by atoms with Crippen LogP contribution < -0.4 is 9.88 Å². The lowest BCUT2D eigenvalue weighted by Gasteiger charge is -2.37. The van der Waals surface area contributed by atoms with E-state index in [1.807, 2.05) is 0 Å². The van der Waals surface area contributed by atoms with Crippen molar-refractivity contribution in [3.8, 4) is 5.75 Å². The smallest absolute Gasteiger partial charge is 0.209 e. The molecule has 1 aliphatic rings. The maximum atomic E-state index is 13.3. The highest BCUT2D eigenvalue weighted by molar-refractivity contribution is 7.89. The highest BCUT2D eigenvalue weighted by Crippen LogP contribution is 2.42. The normalized spacial score (nSPS) is 21.6.